The van der Waals surface area contributed by atoms with Gasteiger partial charge in [-0.2, -0.15) is 0 Å². The van der Waals surface area contributed by atoms with Gasteiger partial charge in [0, 0.05) is 6.20 Å². The molecule has 0 aliphatic carbocycles. The average Bonchev–Trinajstić information content (AvgIpc) is 2.80. The van der Waals surface area contributed by atoms with Gasteiger partial charge in [0.05, 0.1) is 23.5 Å². The first-order valence-corrected chi connectivity index (χ1v) is 4.43. The second-order valence-corrected chi connectivity index (χ2v) is 2.95. The van der Waals surface area contributed by atoms with Crippen molar-refractivity contribution in [1.82, 2.24) is 19.9 Å². The molecule has 0 radical (unpaired) electrons. The molecule has 0 amide bonds. The van der Waals surface area contributed by atoms with E-state index in [9.17, 15) is 10.1 Å². The summed E-state index contributed by atoms with van der Waals surface area (Å²) in [6, 6.07) is 0. The highest BCUT2D eigenvalue weighted by Gasteiger charge is 2.06. The highest BCUT2D eigenvalue weighted by molar-refractivity contribution is 5.30. The van der Waals surface area contributed by atoms with Crippen LogP contribution < -0.4 is 5.32 Å². The third-order valence-electron chi connectivity index (χ3n) is 1.84. The molecule has 0 aromatic carbocycles. The molecule has 0 bridgehead atoms. The van der Waals surface area contributed by atoms with E-state index in [-0.39, 0.29) is 5.69 Å². The molecule has 8 nitrogen and oxygen atoms in total. The van der Waals surface area contributed by atoms with Crippen molar-refractivity contribution >= 4 is 11.6 Å². The van der Waals surface area contributed by atoms with Crippen LogP contribution >= 0.6 is 0 Å². The number of rotatable bonds is 4. The number of anilines is 1. The fourth-order valence-corrected chi connectivity index (χ4v) is 1.06. The molecule has 0 spiro atoms. The zero-order valence-electron chi connectivity index (χ0n) is 8.12. The van der Waals surface area contributed by atoms with Gasteiger partial charge in [-0.15, -0.1) is 0 Å². The standard InChI is InChI=1S/C8H8N6O2/c15-14(16)7-3-11-8(12-4-7)10-2-6-1-9-5-13-6/h1,3-5H,2H2,(H,9,13)(H,10,11,12). The zero-order chi connectivity index (χ0) is 11.4. The molecule has 0 fully saturated rings. The Morgan fingerprint density at radius 1 is 1.38 bits per heavy atom. The van der Waals surface area contributed by atoms with E-state index < -0.39 is 4.92 Å². The molecule has 0 saturated carbocycles. The Kier molecular flexibility index (Phi) is 2.72. The van der Waals surface area contributed by atoms with E-state index in [1.807, 2.05) is 0 Å². The molecule has 0 atom stereocenters. The fraction of sp³-hybridized carbons (Fsp3) is 0.125. The molecule has 0 unspecified atom stereocenters. The van der Waals surface area contributed by atoms with Crippen molar-refractivity contribution in [3.8, 4) is 0 Å². The van der Waals surface area contributed by atoms with Crippen molar-refractivity contribution in [1.29, 1.82) is 0 Å². The van der Waals surface area contributed by atoms with E-state index in [1.165, 1.54) is 0 Å². The SMILES string of the molecule is O=[N+]([O-])c1cnc(NCc2cnc[nH]2)nc1. The van der Waals surface area contributed by atoms with Gasteiger partial charge in [-0.1, -0.05) is 0 Å². The van der Waals surface area contributed by atoms with Gasteiger partial charge in [-0.3, -0.25) is 10.1 Å². The molecule has 2 aromatic rings. The number of hydrogen-bond acceptors (Lipinski definition) is 6. The molecule has 2 aromatic heterocycles. The Morgan fingerprint density at radius 3 is 2.69 bits per heavy atom. The lowest BCUT2D eigenvalue weighted by molar-refractivity contribution is -0.385. The predicted octanol–water partition coefficient (Wildman–Crippen LogP) is 0.720. The highest BCUT2D eigenvalue weighted by atomic mass is 16.6. The van der Waals surface area contributed by atoms with E-state index in [2.05, 4.69) is 25.3 Å². The lowest BCUT2D eigenvalue weighted by atomic mass is 10.5. The van der Waals surface area contributed by atoms with Crippen LogP contribution in [0, 0.1) is 10.1 Å². The van der Waals surface area contributed by atoms with Crippen LogP contribution in [0.2, 0.25) is 0 Å². The minimum absolute atomic E-state index is 0.132. The first-order chi connectivity index (χ1) is 7.75. The van der Waals surface area contributed by atoms with Crippen molar-refractivity contribution in [2.75, 3.05) is 5.32 Å². The lowest BCUT2D eigenvalue weighted by Crippen LogP contribution is -2.04. The summed E-state index contributed by atoms with van der Waals surface area (Å²) in [6.45, 7) is 0.484. The summed E-state index contributed by atoms with van der Waals surface area (Å²) in [4.78, 5) is 24.2. The Balaban J connectivity index is 1.98. The topological polar surface area (TPSA) is 110 Å². The van der Waals surface area contributed by atoms with Crippen LogP contribution in [-0.4, -0.2) is 24.9 Å². The third kappa shape index (κ3) is 2.29. The Morgan fingerprint density at radius 2 is 2.12 bits per heavy atom. The monoisotopic (exact) mass is 220 g/mol. The van der Waals surface area contributed by atoms with Crippen LogP contribution in [0.3, 0.4) is 0 Å². The van der Waals surface area contributed by atoms with Gasteiger partial charge in [-0.25, -0.2) is 15.0 Å². The molecule has 2 rings (SSSR count). The van der Waals surface area contributed by atoms with Gasteiger partial charge in [0.25, 0.3) is 0 Å². The summed E-state index contributed by atoms with van der Waals surface area (Å²) in [5, 5.41) is 13.2. The van der Waals surface area contributed by atoms with Gasteiger partial charge >= 0.3 is 5.69 Å². The summed E-state index contributed by atoms with van der Waals surface area (Å²) in [7, 11) is 0. The largest absolute Gasteiger partial charge is 0.349 e. The van der Waals surface area contributed by atoms with Crippen LogP contribution in [0.4, 0.5) is 11.6 Å². The molecule has 16 heavy (non-hydrogen) atoms. The zero-order valence-corrected chi connectivity index (χ0v) is 8.12. The number of nitrogens with zero attached hydrogens (tertiary/aromatic N) is 4. The van der Waals surface area contributed by atoms with Crippen molar-refractivity contribution < 1.29 is 4.92 Å². The van der Waals surface area contributed by atoms with Gasteiger partial charge in [0.2, 0.25) is 5.95 Å². The summed E-state index contributed by atoms with van der Waals surface area (Å²) in [5.41, 5.74) is 0.744. The molecule has 2 N–H and O–H groups in total. The Bertz CT molecular complexity index is 466. The number of nitrogens with one attached hydrogen (secondary N) is 2. The van der Waals surface area contributed by atoms with Crippen LogP contribution in [0.1, 0.15) is 5.69 Å². The number of aromatic nitrogens is 4. The smallest absolute Gasteiger partial charge is 0.305 e. The third-order valence-corrected chi connectivity index (χ3v) is 1.84. The van der Waals surface area contributed by atoms with E-state index in [1.54, 1.807) is 12.5 Å². The second-order valence-electron chi connectivity index (χ2n) is 2.95. The highest BCUT2D eigenvalue weighted by Crippen LogP contribution is 2.08. The second kappa shape index (κ2) is 4.34. The number of aromatic amines is 1. The molecular weight excluding hydrogens is 212 g/mol. The van der Waals surface area contributed by atoms with Gasteiger partial charge in [-0.05, 0) is 0 Å². The maximum atomic E-state index is 10.3. The number of imidazole rings is 1. The molecule has 8 heteroatoms. The summed E-state index contributed by atoms with van der Waals surface area (Å²) < 4.78 is 0. The van der Waals surface area contributed by atoms with Gasteiger partial charge < -0.3 is 10.3 Å². The average molecular weight is 220 g/mol. The molecule has 0 saturated heterocycles. The summed E-state index contributed by atoms with van der Waals surface area (Å²) in [5.74, 6) is 0.334. The molecule has 2 heterocycles. The van der Waals surface area contributed by atoms with Crippen molar-refractivity contribution in [3.05, 3.63) is 40.7 Å². The first kappa shape index (κ1) is 10.0. The van der Waals surface area contributed by atoms with Crippen LogP contribution in [0.25, 0.3) is 0 Å². The molecule has 82 valence electrons. The minimum Gasteiger partial charge on any atom is -0.349 e. The normalized spacial score (nSPS) is 10.0. The maximum absolute atomic E-state index is 10.3. The number of H-pyrrole nitrogens is 1. The first-order valence-electron chi connectivity index (χ1n) is 4.43. The Labute approximate surface area is 89.9 Å². The maximum Gasteiger partial charge on any atom is 0.305 e. The van der Waals surface area contributed by atoms with Crippen LogP contribution in [0.5, 0.6) is 0 Å². The molecule has 0 aliphatic rings. The van der Waals surface area contributed by atoms with Crippen molar-refractivity contribution in [2.45, 2.75) is 6.54 Å². The summed E-state index contributed by atoms with van der Waals surface area (Å²) >= 11 is 0. The Hall–Kier alpha value is -2.51. The number of nitro groups is 1. The lowest BCUT2D eigenvalue weighted by Gasteiger charge is -2.01. The van der Waals surface area contributed by atoms with E-state index in [0.29, 0.717) is 12.5 Å². The summed E-state index contributed by atoms with van der Waals surface area (Å²) in [6.07, 6.45) is 5.54. The van der Waals surface area contributed by atoms with Crippen LogP contribution in [-0.2, 0) is 6.54 Å². The minimum atomic E-state index is -0.543. The van der Waals surface area contributed by atoms with Gasteiger partial charge in [0.15, 0.2) is 0 Å². The quantitative estimate of drug-likeness (QED) is 0.580. The predicted molar refractivity (Wildman–Crippen MR) is 54.6 cm³/mol. The van der Waals surface area contributed by atoms with Crippen molar-refractivity contribution in [3.63, 3.8) is 0 Å². The van der Waals surface area contributed by atoms with Gasteiger partial charge in [0.1, 0.15) is 12.4 Å². The van der Waals surface area contributed by atoms with E-state index in [4.69, 9.17) is 0 Å². The van der Waals surface area contributed by atoms with E-state index >= 15 is 0 Å². The molecule has 0 aliphatic heterocycles. The van der Waals surface area contributed by atoms with Crippen LogP contribution in [0.15, 0.2) is 24.9 Å². The fourth-order valence-electron chi connectivity index (χ4n) is 1.06. The van der Waals surface area contributed by atoms with E-state index in [0.717, 1.165) is 18.1 Å². The van der Waals surface area contributed by atoms with Crippen molar-refractivity contribution in [2.24, 2.45) is 0 Å². The molecular formula is C8H8N6O2. The number of hydrogen-bond donors (Lipinski definition) is 2.